The number of halogens is 2. The molecule has 4 nitrogen and oxygen atoms in total. The van der Waals surface area contributed by atoms with Gasteiger partial charge >= 0.3 is 5.97 Å². The van der Waals surface area contributed by atoms with Crippen molar-refractivity contribution in [3.63, 3.8) is 0 Å². The van der Waals surface area contributed by atoms with Crippen LogP contribution >= 0.6 is 11.6 Å². The number of aromatic carboxylic acids is 1. The van der Waals surface area contributed by atoms with Crippen molar-refractivity contribution >= 4 is 17.6 Å². The van der Waals surface area contributed by atoms with Crippen molar-refractivity contribution in [3.05, 3.63) is 29.3 Å². The van der Waals surface area contributed by atoms with Crippen LogP contribution in [0.2, 0.25) is 0 Å². The van der Waals surface area contributed by atoms with Gasteiger partial charge in [0, 0.05) is 18.5 Å². The van der Waals surface area contributed by atoms with Crippen molar-refractivity contribution in [2.75, 3.05) is 19.8 Å². The molecule has 1 aromatic rings. The summed E-state index contributed by atoms with van der Waals surface area (Å²) in [5, 5.41) is 9.14. The minimum absolute atomic E-state index is 0.000327. The molecule has 0 spiro atoms. The van der Waals surface area contributed by atoms with Gasteiger partial charge in [0.25, 0.3) is 0 Å². The highest BCUT2D eigenvalue weighted by Crippen LogP contribution is 2.29. The standard InChI is InChI=1S/C17H23ClFNO3/c1-2-20(9-8-19)15-4-3-5-16(15)23-13-6-7-14(17(21)22)12(10-13)11-18/h6-7,10,15-16H,2-5,8-9,11H2,1H3,(H,21,22)/t15-,16-/m0/s1. The normalized spacial score (nSPS) is 20.9. The summed E-state index contributed by atoms with van der Waals surface area (Å²) in [6.07, 6.45) is 2.96. The van der Waals surface area contributed by atoms with Gasteiger partial charge in [-0.05, 0) is 49.6 Å². The maximum absolute atomic E-state index is 12.7. The predicted molar refractivity (Wildman–Crippen MR) is 88.2 cm³/mol. The molecule has 0 aliphatic heterocycles. The third-order valence-corrected chi connectivity index (χ3v) is 4.69. The van der Waals surface area contributed by atoms with E-state index in [0.717, 1.165) is 25.8 Å². The number of rotatable bonds is 8. The Labute approximate surface area is 141 Å². The Balaban J connectivity index is 2.12. The summed E-state index contributed by atoms with van der Waals surface area (Å²) in [6.45, 7) is 2.88. The number of hydrogen-bond donors (Lipinski definition) is 1. The predicted octanol–water partition coefficient (Wildman–Crippen LogP) is 3.71. The number of nitrogens with zero attached hydrogens (tertiary/aromatic N) is 1. The van der Waals surface area contributed by atoms with Crippen LogP contribution in [-0.2, 0) is 5.88 Å². The molecular weight excluding hydrogens is 321 g/mol. The number of likely N-dealkylation sites (N-methyl/N-ethyl adjacent to an activating group) is 1. The molecule has 1 fully saturated rings. The summed E-state index contributed by atoms with van der Waals surface area (Å²) in [4.78, 5) is 13.3. The SMILES string of the molecule is CCN(CCF)[C@H]1CCC[C@@H]1Oc1ccc(C(=O)O)c(CCl)c1. The van der Waals surface area contributed by atoms with Gasteiger partial charge in [-0.1, -0.05) is 6.92 Å². The number of benzene rings is 1. The molecule has 1 aromatic carbocycles. The van der Waals surface area contributed by atoms with Crippen molar-refractivity contribution in [1.29, 1.82) is 0 Å². The lowest BCUT2D eigenvalue weighted by molar-refractivity contribution is 0.0695. The molecule has 6 heteroatoms. The van der Waals surface area contributed by atoms with Gasteiger partial charge in [-0.3, -0.25) is 4.90 Å². The molecule has 23 heavy (non-hydrogen) atoms. The Hall–Kier alpha value is -1.33. The first-order valence-electron chi connectivity index (χ1n) is 7.99. The first-order chi connectivity index (χ1) is 11.1. The molecule has 1 aliphatic rings. The summed E-state index contributed by atoms with van der Waals surface area (Å²) in [5.41, 5.74) is 0.741. The molecular formula is C17H23ClFNO3. The van der Waals surface area contributed by atoms with Crippen LogP contribution in [0.1, 0.15) is 42.1 Å². The monoisotopic (exact) mass is 343 g/mol. The number of alkyl halides is 2. The maximum atomic E-state index is 12.7. The summed E-state index contributed by atoms with van der Waals surface area (Å²) in [5.74, 6) is -0.250. The number of hydrogen-bond acceptors (Lipinski definition) is 3. The Morgan fingerprint density at radius 1 is 1.48 bits per heavy atom. The van der Waals surface area contributed by atoms with Gasteiger partial charge in [0.15, 0.2) is 0 Å². The van der Waals surface area contributed by atoms with Crippen LogP contribution in [0.4, 0.5) is 4.39 Å². The summed E-state index contributed by atoms with van der Waals surface area (Å²) >= 11 is 5.84. The lowest BCUT2D eigenvalue weighted by atomic mass is 10.1. The zero-order chi connectivity index (χ0) is 16.8. The van der Waals surface area contributed by atoms with Crippen LogP contribution in [0.5, 0.6) is 5.75 Å². The molecule has 0 amide bonds. The van der Waals surface area contributed by atoms with Crippen molar-refractivity contribution in [2.45, 2.75) is 44.2 Å². The van der Waals surface area contributed by atoms with Crippen LogP contribution in [0.25, 0.3) is 0 Å². The lowest BCUT2D eigenvalue weighted by Crippen LogP contribution is -2.43. The fourth-order valence-corrected chi connectivity index (χ4v) is 3.49. The van der Waals surface area contributed by atoms with Crippen LogP contribution in [0.15, 0.2) is 18.2 Å². The molecule has 0 radical (unpaired) electrons. The van der Waals surface area contributed by atoms with Crippen molar-refractivity contribution in [2.24, 2.45) is 0 Å². The molecule has 0 bridgehead atoms. The smallest absolute Gasteiger partial charge is 0.336 e. The molecule has 1 N–H and O–H groups in total. The Morgan fingerprint density at radius 3 is 2.87 bits per heavy atom. The fraction of sp³-hybridized carbons (Fsp3) is 0.588. The number of carbonyl (C=O) groups is 1. The molecule has 2 atom stereocenters. The van der Waals surface area contributed by atoms with E-state index in [2.05, 4.69) is 4.90 Å². The van der Waals surface area contributed by atoms with Gasteiger partial charge in [-0.15, -0.1) is 11.6 Å². The molecule has 0 saturated heterocycles. The van der Waals surface area contributed by atoms with Crippen LogP contribution < -0.4 is 4.74 Å². The maximum Gasteiger partial charge on any atom is 0.336 e. The average Bonchev–Trinajstić information content (AvgIpc) is 3.00. The minimum Gasteiger partial charge on any atom is -0.489 e. The first-order valence-corrected chi connectivity index (χ1v) is 8.53. The summed E-state index contributed by atoms with van der Waals surface area (Å²) in [7, 11) is 0. The van der Waals surface area contributed by atoms with Crippen molar-refractivity contribution < 1.29 is 19.0 Å². The van der Waals surface area contributed by atoms with Crippen molar-refractivity contribution in [3.8, 4) is 5.75 Å². The zero-order valence-electron chi connectivity index (χ0n) is 13.3. The van der Waals surface area contributed by atoms with Gasteiger partial charge in [0.05, 0.1) is 5.56 Å². The highest BCUT2D eigenvalue weighted by atomic mass is 35.5. The van der Waals surface area contributed by atoms with E-state index in [4.69, 9.17) is 21.4 Å². The van der Waals surface area contributed by atoms with Crippen LogP contribution in [0.3, 0.4) is 0 Å². The van der Waals surface area contributed by atoms with E-state index in [0.29, 0.717) is 17.9 Å². The minimum atomic E-state index is -0.994. The molecule has 1 aliphatic carbocycles. The summed E-state index contributed by atoms with van der Waals surface area (Å²) in [6, 6.07) is 5.09. The molecule has 1 saturated carbocycles. The quantitative estimate of drug-likeness (QED) is 0.731. The molecule has 0 heterocycles. The first kappa shape index (κ1) is 18.0. The van der Waals surface area contributed by atoms with Crippen LogP contribution in [-0.4, -0.2) is 47.9 Å². The Morgan fingerprint density at radius 2 is 2.26 bits per heavy atom. The van der Waals surface area contributed by atoms with E-state index in [1.54, 1.807) is 12.1 Å². The number of carboxylic acids is 1. The third kappa shape index (κ3) is 4.36. The Kier molecular flexibility index (Phi) is 6.66. The van der Waals surface area contributed by atoms with Gasteiger partial charge in [0.1, 0.15) is 18.5 Å². The second kappa shape index (κ2) is 8.50. The second-order valence-electron chi connectivity index (χ2n) is 5.73. The lowest BCUT2D eigenvalue weighted by Gasteiger charge is -2.31. The number of ether oxygens (including phenoxy) is 1. The van der Waals surface area contributed by atoms with E-state index in [1.807, 2.05) is 6.92 Å². The van der Waals surface area contributed by atoms with Gasteiger partial charge in [0.2, 0.25) is 0 Å². The average molecular weight is 344 g/mol. The van der Waals surface area contributed by atoms with Gasteiger partial charge in [-0.25, -0.2) is 9.18 Å². The molecule has 2 rings (SSSR count). The van der Waals surface area contributed by atoms with E-state index in [9.17, 15) is 9.18 Å². The Bertz CT molecular complexity index is 541. The molecule has 128 valence electrons. The zero-order valence-corrected chi connectivity index (χ0v) is 14.1. The largest absolute Gasteiger partial charge is 0.489 e. The number of carboxylic acid groups (broad SMARTS) is 1. The highest BCUT2D eigenvalue weighted by Gasteiger charge is 2.33. The molecule has 0 aromatic heterocycles. The van der Waals surface area contributed by atoms with E-state index in [1.165, 1.54) is 6.07 Å². The van der Waals surface area contributed by atoms with Crippen molar-refractivity contribution in [1.82, 2.24) is 4.90 Å². The highest BCUT2D eigenvalue weighted by molar-refractivity contribution is 6.17. The van der Waals surface area contributed by atoms with Crippen LogP contribution in [0, 0.1) is 0 Å². The summed E-state index contributed by atoms with van der Waals surface area (Å²) < 4.78 is 18.8. The second-order valence-corrected chi connectivity index (χ2v) is 6.00. The topological polar surface area (TPSA) is 49.8 Å². The van der Waals surface area contributed by atoms with Gasteiger partial charge in [-0.2, -0.15) is 0 Å². The van der Waals surface area contributed by atoms with E-state index in [-0.39, 0.29) is 30.3 Å². The molecule has 0 unspecified atom stereocenters. The fourth-order valence-electron chi connectivity index (χ4n) is 3.27. The van der Waals surface area contributed by atoms with E-state index < -0.39 is 5.97 Å². The van der Waals surface area contributed by atoms with E-state index >= 15 is 0 Å². The van der Waals surface area contributed by atoms with Gasteiger partial charge < -0.3 is 9.84 Å². The third-order valence-electron chi connectivity index (χ3n) is 4.40.